The third-order valence-corrected chi connectivity index (χ3v) is 1.10. The Hall–Kier alpha value is -0.510. The van der Waals surface area contributed by atoms with E-state index < -0.39 is 6.42 Å². The molecule has 1 heterocycles. The molecular weight excluding hydrogens is 133 g/mol. The van der Waals surface area contributed by atoms with Crippen molar-refractivity contribution in [3.05, 3.63) is 0 Å². The number of nitrogens with zero attached hydrogens (tertiary/aromatic N) is 3. The molecule has 0 saturated heterocycles. The maximum atomic E-state index is 12.3. The maximum absolute atomic E-state index is 12.3. The van der Waals surface area contributed by atoms with E-state index in [0.717, 1.165) is 9.43 Å². The first kappa shape index (κ1) is 5.62. The summed E-state index contributed by atoms with van der Waals surface area (Å²) in [6.07, 6.45) is -0.0941. The van der Waals surface area contributed by atoms with Gasteiger partial charge >= 0.3 is 0 Å². The van der Waals surface area contributed by atoms with Gasteiger partial charge in [-0.05, 0) is 0 Å². The highest BCUT2D eigenvalue weighted by molar-refractivity contribution is 6.19. The van der Waals surface area contributed by atoms with Crippen molar-refractivity contribution in [2.75, 3.05) is 7.05 Å². The molecule has 0 aromatic carbocycles. The van der Waals surface area contributed by atoms with Crippen LogP contribution in [0.3, 0.4) is 0 Å². The van der Waals surface area contributed by atoms with Crippen molar-refractivity contribution < 1.29 is 4.39 Å². The first-order valence-electron chi connectivity index (χ1n) is 2.07. The summed E-state index contributed by atoms with van der Waals surface area (Å²) in [5.74, 6) is 0. The monoisotopic (exact) mass is 137 g/mol. The zero-order valence-corrected chi connectivity index (χ0v) is 5.01. The Morgan fingerprint density at radius 1 is 1.88 bits per heavy atom. The number of alkyl halides is 1. The molecule has 1 aliphatic heterocycles. The van der Waals surface area contributed by atoms with Gasteiger partial charge < -0.3 is 0 Å². The standard InChI is InChI=1S/C3H5ClFN3/c1-7-3(5)8(4)2-6-7/h2-3H,1H3. The van der Waals surface area contributed by atoms with E-state index in [4.69, 9.17) is 11.8 Å². The van der Waals surface area contributed by atoms with Gasteiger partial charge in [-0.25, -0.2) is 9.43 Å². The molecule has 0 radical (unpaired) electrons. The summed E-state index contributed by atoms with van der Waals surface area (Å²) in [6.45, 7) is 0. The van der Waals surface area contributed by atoms with E-state index in [9.17, 15) is 4.39 Å². The summed E-state index contributed by atoms with van der Waals surface area (Å²) in [5.41, 5.74) is 0. The van der Waals surface area contributed by atoms with Gasteiger partial charge in [0.15, 0.2) is 0 Å². The topological polar surface area (TPSA) is 18.8 Å². The predicted octanol–water partition coefficient (Wildman–Crippen LogP) is 0.584. The van der Waals surface area contributed by atoms with E-state index in [0.29, 0.717) is 0 Å². The Bertz CT molecular complexity index is 105. The third-order valence-electron chi connectivity index (χ3n) is 0.856. The minimum absolute atomic E-state index is 0.861. The van der Waals surface area contributed by atoms with Crippen molar-refractivity contribution in [3.8, 4) is 0 Å². The van der Waals surface area contributed by atoms with E-state index in [1.165, 1.54) is 13.4 Å². The second-order valence-electron chi connectivity index (χ2n) is 1.46. The van der Waals surface area contributed by atoms with Gasteiger partial charge in [-0.2, -0.15) is 9.49 Å². The van der Waals surface area contributed by atoms with Crippen LogP contribution in [0.2, 0.25) is 0 Å². The van der Waals surface area contributed by atoms with E-state index in [1.54, 1.807) is 0 Å². The SMILES string of the molecule is CN1N=CN(Cl)C1F. The van der Waals surface area contributed by atoms with Gasteiger partial charge in [0.1, 0.15) is 6.34 Å². The van der Waals surface area contributed by atoms with Crippen LogP contribution in [0.4, 0.5) is 4.39 Å². The molecule has 0 aromatic rings. The summed E-state index contributed by atoms with van der Waals surface area (Å²) in [6, 6.07) is 0. The summed E-state index contributed by atoms with van der Waals surface area (Å²) < 4.78 is 13.2. The average molecular weight is 138 g/mol. The van der Waals surface area contributed by atoms with E-state index in [2.05, 4.69) is 5.10 Å². The Kier molecular flexibility index (Phi) is 1.25. The van der Waals surface area contributed by atoms with Crippen molar-refractivity contribution in [1.82, 2.24) is 9.43 Å². The first-order chi connectivity index (χ1) is 3.72. The van der Waals surface area contributed by atoms with Crippen LogP contribution in [-0.4, -0.2) is 29.2 Å². The smallest absolute Gasteiger partial charge is 0.247 e. The first-order valence-corrected chi connectivity index (χ1v) is 2.41. The second kappa shape index (κ2) is 1.78. The van der Waals surface area contributed by atoms with Gasteiger partial charge in [0.2, 0.25) is 0 Å². The molecule has 1 aliphatic rings. The summed E-state index contributed by atoms with van der Waals surface area (Å²) in [7, 11) is 1.50. The molecule has 1 unspecified atom stereocenters. The molecule has 0 N–H and O–H groups in total. The maximum Gasteiger partial charge on any atom is 0.278 e. The van der Waals surface area contributed by atoms with Gasteiger partial charge in [-0.3, -0.25) is 0 Å². The lowest BCUT2D eigenvalue weighted by molar-refractivity contribution is 0.0756. The van der Waals surface area contributed by atoms with Crippen molar-refractivity contribution in [1.29, 1.82) is 0 Å². The minimum Gasteiger partial charge on any atom is -0.247 e. The van der Waals surface area contributed by atoms with E-state index >= 15 is 0 Å². The van der Waals surface area contributed by atoms with Crippen LogP contribution in [0.1, 0.15) is 0 Å². The number of hydrazone groups is 1. The molecule has 0 saturated carbocycles. The molecule has 5 heteroatoms. The van der Waals surface area contributed by atoms with Crippen LogP contribution >= 0.6 is 11.8 Å². The number of rotatable bonds is 0. The van der Waals surface area contributed by atoms with Gasteiger partial charge in [-0.1, -0.05) is 0 Å². The number of hydrogen-bond donors (Lipinski definition) is 0. The molecule has 0 bridgehead atoms. The Morgan fingerprint density at radius 3 is 2.62 bits per heavy atom. The van der Waals surface area contributed by atoms with Crippen LogP contribution in [0.25, 0.3) is 0 Å². The van der Waals surface area contributed by atoms with Gasteiger partial charge in [0.25, 0.3) is 6.42 Å². The quantitative estimate of drug-likeness (QED) is 0.359. The normalized spacial score (nSPS) is 27.6. The lowest BCUT2D eigenvalue weighted by Gasteiger charge is -2.12. The Morgan fingerprint density at radius 2 is 2.50 bits per heavy atom. The molecule has 0 aromatic heterocycles. The second-order valence-corrected chi connectivity index (χ2v) is 1.85. The lowest BCUT2D eigenvalue weighted by atomic mass is 10.9. The van der Waals surface area contributed by atoms with Crippen molar-refractivity contribution >= 4 is 18.1 Å². The highest BCUT2D eigenvalue weighted by Crippen LogP contribution is 2.12. The third kappa shape index (κ3) is 0.709. The fraction of sp³-hybridized carbons (Fsp3) is 0.667. The fourth-order valence-electron chi connectivity index (χ4n) is 0.400. The molecule has 1 atom stereocenters. The molecule has 46 valence electrons. The van der Waals surface area contributed by atoms with Crippen molar-refractivity contribution in [3.63, 3.8) is 0 Å². The van der Waals surface area contributed by atoms with Crippen LogP contribution in [0, 0.1) is 0 Å². The zero-order chi connectivity index (χ0) is 6.15. The van der Waals surface area contributed by atoms with Crippen LogP contribution in [0.15, 0.2) is 5.10 Å². The molecule has 0 aliphatic carbocycles. The van der Waals surface area contributed by atoms with Gasteiger partial charge in [0.05, 0.1) is 0 Å². The Labute approximate surface area is 51.4 Å². The minimum atomic E-state index is -1.31. The molecule has 1 rings (SSSR count). The molecule has 0 spiro atoms. The van der Waals surface area contributed by atoms with E-state index in [1.807, 2.05) is 0 Å². The van der Waals surface area contributed by atoms with Crippen LogP contribution < -0.4 is 0 Å². The molecule has 0 fully saturated rings. The van der Waals surface area contributed by atoms with Crippen LogP contribution in [0.5, 0.6) is 0 Å². The van der Waals surface area contributed by atoms with Gasteiger partial charge in [-0.15, -0.1) is 0 Å². The molecule has 3 nitrogen and oxygen atoms in total. The highest BCUT2D eigenvalue weighted by atomic mass is 35.5. The largest absolute Gasteiger partial charge is 0.278 e. The Balaban J connectivity index is 2.55. The van der Waals surface area contributed by atoms with Crippen LogP contribution in [-0.2, 0) is 0 Å². The summed E-state index contributed by atoms with van der Waals surface area (Å²) in [4.78, 5) is 0. The zero-order valence-electron chi connectivity index (χ0n) is 4.25. The van der Waals surface area contributed by atoms with Crippen molar-refractivity contribution in [2.24, 2.45) is 5.10 Å². The summed E-state index contributed by atoms with van der Waals surface area (Å²) >= 11 is 5.22. The molecule has 8 heavy (non-hydrogen) atoms. The molecule has 0 amide bonds. The fourth-order valence-corrected chi connectivity index (χ4v) is 0.566. The van der Waals surface area contributed by atoms with E-state index in [-0.39, 0.29) is 0 Å². The lowest BCUT2D eigenvalue weighted by Crippen LogP contribution is -2.26. The number of halogens is 2. The average Bonchev–Trinajstić information content (AvgIpc) is 1.98. The predicted molar refractivity (Wildman–Crippen MR) is 28.8 cm³/mol. The molecular formula is C3H5ClFN3. The van der Waals surface area contributed by atoms with Gasteiger partial charge in [0, 0.05) is 18.8 Å². The van der Waals surface area contributed by atoms with Crippen molar-refractivity contribution in [2.45, 2.75) is 6.42 Å². The summed E-state index contributed by atoms with van der Waals surface area (Å²) in [5, 5.41) is 4.64. The number of hydrogen-bond acceptors (Lipinski definition) is 3. The highest BCUT2D eigenvalue weighted by Gasteiger charge is 2.21.